The van der Waals surface area contributed by atoms with Gasteiger partial charge in [-0.3, -0.25) is 4.79 Å². The molecule has 0 radical (unpaired) electrons. The molecule has 0 aromatic heterocycles. The molecular formula is C22H27NO5. The Hall–Kier alpha value is -3.02. The first-order valence-electron chi connectivity index (χ1n) is 9.43. The number of nitrogens with one attached hydrogen (secondary N) is 1. The molecule has 6 heteroatoms. The number of carbonyl (C=O) groups excluding carboxylic acids is 2. The van der Waals surface area contributed by atoms with Crippen molar-refractivity contribution in [2.45, 2.75) is 51.7 Å². The summed E-state index contributed by atoms with van der Waals surface area (Å²) in [5.74, 6) is -0.409. The lowest BCUT2D eigenvalue weighted by atomic mass is 10.0. The van der Waals surface area contributed by atoms with Gasteiger partial charge in [0, 0.05) is 12.8 Å². The van der Waals surface area contributed by atoms with Crippen LogP contribution in [0.1, 0.15) is 37.8 Å². The molecule has 0 saturated heterocycles. The molecule has 3 N–H and O–H groups in total. The monoisotopic (exact) mass is 385 g/mol. The van der Waals surface area contributed by atoms with Crippen LogP contribution in [0.25, 0.3) is 0 Å². The van der Waals surface area contributed by atoms with E-state index in [0.717, 1.165) is 11.1 Å². The molecule has 28 heavy (non-hydrogen) atoms. The number of phenols is 2. The van der Waals surface area contributed by atoms with Gasteiger partial charge in [0.15, 0.2) is 0 Å². The first-order valence-corrected chi connectivity index (χ1v) is 9.43. The van der Waals surface area contributed by atoms with Gasteiger partial charge >= 0.3 is 5.97 Å². The van der Waals surface area contributed by atoms with Crippen LogP contribution in [0.3, 0.4) is 0 Å². The van der Waals surface area contributed by atoms with Gasteiger partial charge in [-0.05, 0) is 55.2 Å². The highest BCUT2D eigenvalue weighted by atomic mass is 16.5. The summed E-state index contributed by atoms with van der Waals surface area (Å²) in [6, 6.07) is 12.4. The Morgan fingerprint density at radius 2 is 1.50 bits per heavy atom. The first-order chi connectivity index (χ1) is 13.4. The third kappa shape index (κ3) is 6.95. The third-order valence-corrected chi connectivity index (χ3v) is 4.47. The molecule has 0 heterocycles. The van der Waals surface area contributed by atoms with E-state index in [9.17, 15) is 19.8 Å². The maximum absolute atomic E-state index is 12.5. The molecule has 2 atom stereocenters. The lowest BCUT2D eigenvalue weighted by Crippen LogP contribution is -2.44. The van der Waals surface area contributed by atoms with Crippen molar-refractivity contribution >= 4 is 11.9 Å². The number of carbonyl (C=O) groups is 2. The molecule has 2 aromatic carbocycles. The normalized spacial score (nSPS) is 12.8. The number of aromatic hydroxyl groups is 2. The van der Waals surface area contributed by atoms with Gasteiger partial charge in [0.25, 0.3) is 0 Å². The molecule has 2 rings (SSSR count). The third-order valence-electron chi connectivity index (χ3n) is 4.47. The highest BCUT2D eigenvalue weighted by molar-refractivity contribution is 5.84. The highest BCUT2D eigenvalue weighted by Gasteiger charge is 2.24. The van der Waals surface area contributed by atoms with E-state index < -0.39 is 12.0 Å². The lowest BCUT2D eigenvalue weighted by Gasteiger charge is -2.20. The van der Waals surface area contributed by atoms with E-state index in [1.807, 2.05) is 13.8 Å². The summed E-state index contributed by atoms with van der Waals surface area (Å²) >= 11 is 0. The molecular weight excluding hydrogens is 358 g/mol. The van der Waals surface area contributed by atoms with Crippen molar-refractivity contribution in [1.82, 2.24) is 5.32 Å². The number of ether oxygens (including phenoxy) is 1. The predicted octanol–water partition coefficient (Wildman–Crippen LogP) is 3.10. The topological polar surface area (TPSA) is 95.9 Å². The minimum absolute atomic E-state index is 0.139. The van der Waals surface area contributed by atoms with E-state index in [-0.39, 0.29) is 36.4 Å². The largest absolute Gasteiger partial charge is 0.508 e. The second-order valence-corrected chi connectivity index (χ2v) is 6.81. The summed E-state index contributed by atoms with van der Waals surface area (Å²) in [6.45, 7) is 3.73. The van der Waals surface area contributed by atoms with Gasteiger partial charge in [0.05, 0.1) is 6.10 Å². The van der Waals surface area contributed by atoms with Crippen LogP contribution in [0.5, 0.6) is 11.5 Å². The Balaban J connectivity index is 2.00. The van der Waals surface area contributed by atoms with Gasteiger partial charge < -0.3 is 20.3 Å². The molecule has 1 amide bonds. The zero-order valence-corrected chi connectivity index (χ0v) is 16.2. The van der Waals surface area contributed by atoms with E-state index in [1.54, 1.807) is 48.5 Å². The van der Waals surface area contributed by atoms with E-state index in [0.29, 0.717) is 12.8 Å². The zero-order chi connectivity index (χ0) is 20.5. The van der Waals surface area contributed by atoms with Crippen LogP contribution >= 0.6 is 0 Å². The fourth-order valence-electron chi connectivity index (χ4n) is 2.61. The molecule has 0 aliphatic carbocycles. The van der Waals surface area contributed by atoms with Crippen LogP contribution in [0.4, 0.5) is 0 Å². The van der Waals surface area contributed by atoms with Gasteiger partial charge in [0.1, 0.15) is 17.5 Å². The molecule has 0 spiro atoms. The van der Waals surface area contributed by atoms with Crippen molar-refractivity contribution in [1.29, 1.82) is 0 Å². The van der Waals surface area contributed by atoms with Gasteiger partial charge in [-0.25, -0.2) is 4.79 Å². The second-order valence-electron chi connectivity index (χ2n) is 6.81. The van der Waals surface area contributed by atoms with Crippen LogP contribution in [-0.4, -0.2) is 34.2 Å². The number of phenolic OH excluding ortho intramolecular Hbond substituents is 2. The summed E-state index contributed by atoms with van der Waals surface area (Å²) in [7, 11) is 0. The zero-order valence-electron chi connectivity index (χ0n) is 16.2. The average molecular weight is 385 g/mol. The Morgan fingerprint density at radius 1 is 0.964 bits per heavy atom. The Kier molecular flexibility index (Phi) is 7.87. The molecule has 0 aliphatic rings. The van der Waals surface area contributed by atoms with E-state index in [1.165, 1.54) is 0 Å². The van der Waals surface area contributed by atoms with E-state index in [4.69, 9.17) is 4.74 Å². The Bertz CT molecular complexity index is 771. The smallest absolute Gasteiger partial charge is 0.329 e. The molecule has 150 valence electrons. The first kappa shape index (κ1) is 21.3. The van der Waals surface area contributed by atoms with Crippen molar-refractivity contribution in [2.24, 2.45) is 0 Å². The predicted molar refractivity (Wildman–Crippen MR) is 106 cm³/mol. The molecule has 2 aromatic rings. The summed E-state index contributed by atoms with van der Waals surface area (Å²) < 4.78 is 5.40. The summed E-state index contributed by atoms with van der Waals surface area (Å²) in [6.07, 6.45) is 1.45. The van der Waals surface area contributed by atoms with Gasteiger partial charge in [-0.2, -0.15) is 0 Å². The Labute approximate surface area is 165 Å². The minimum atomic E-state index is -0.800. The molecule has 6 nitrogen and oxygen atoms in total. The highest BCUT2D eigenvalue weighted by Crippen LogP contribution is 2.14. The SMILES string of the molecule is CCC(C)OC(=O)C(Cc1ccc(O)cc1)NC(=O)CCc1ccc(O)cc1. The fraction of sp³-hybridized carbons (Fsp3) is 0.364. The van der Waals surface area contributed by atoms with Crippen molar-refractivity contribution in [3.8, 4) is 11.5 Å². The van der Waals surface area contributed by atoms with Gasteiger partial charge in [0.2, 0.25) is 5.91 Å². The Morgan fingerprint density at radius 3 is 2.04 bits per heavy atom. The van der Waals surface area contributed by atoms with E-state index >= 15 is 0 Å². The van der Waals surface area contributed by atoms with E-state index in [2.05, 4.69) is 5.32 Å². The van der Waals surface area contributed by atoms with Crippen LogP contribution in [-0.2, 0) is 27.2 Å². The quantitative estimate of drug-likeness (QED) is 0.577. The minimum Gasteiger partial charge on any atom is -0.508 e. The average Bonchev–Trinajstić information content (AvgIpc) is 2.68. The van der Waals surface area contributed by atoms with Crippen molar-refractivity contribution in [3.63, 3.8) is 0 Å². The van der Waals surface area contributed by atoms with Crippen LogP contribution in [0, 0.1) is 0 Å². The van der Waals surface area contributed by atoms with Gasteiger partial charge in [-0.15, -0.1) is 0 Å². The van der Waals surface area contributed by atoms with Crippen molar-refractivity contribution < 1.29 is 24.5 Å². The number of esters is 1. The summed E-state index contributed by atoms with van der Waals surface area (Å²) in [5, 5.41) is 21.5. The molecule has 2 unspecified atom stereocenters. The maximum Gasteiger partial charge on any atom is 0.329 e. The number of benzene rings is 2. The van der Waals surface area contributed by atoms with Crippen LogP contribution < -0.4 is 5.32 Å². The molecule has 0 fully saturated rings. The number of aryl methyl sites for hydroxylation is 1. The lowest BCUT2D eigenvalue weighted by molar-refractivity contribution is -0.152. The standard InChI is InChI=1S/C22H27NO5/c1-3-15(2)28-22(27)20(14-17-6-11-19(25)12-7-17)23-21(26)13-8-16-4-9-18(24)10-5-16/h4-7,9-12,15,20,24-25H,3,8,13-14H2,1-2H3,(H,23,26). The number of hydrogen-bond donors (Lipinski definition) is 3. The number of rotatable bonds is 9. The summed E-state index contributed by atoms with van der Waals surface area (Å²) in [5.41, 5.74) is 1.73. The second kappa shape index (κ2) is 10.3. The molecule has 0 aliphatic heterocycles. The number of amides is 1. The molecule has 0 bridgehead atoms. The fourth-order valence-corrected chi connectivity index (χ4v) is 2.61. The number of hydrogen-bond acceptors (Lipinski definition) is 5. The van der Waals surface area contributed by atoms with Gasteiger partial charge in [-0.1, -0.05) is 31.2 Å². The van der Waals surface area contributed by atoms with Crippen molar-refractivity contribution in [2.75, 3.05) is 0 Å². The summed E-state index contributed by atoms with van der Waals surface area (Å²) in [4.78, 5) is 24.9. The maximum atomic E-state index is 12.5. The van der Waals surface area contributed by atoms with Crippen LogP contribution in [0.2, 0.25) is 0 Å². The van der Waals surface area contributed by atoms with Crippen molar-refractivity contribution in [3.05, 3.63) is 59.7 Å². The van der Waals surface area contributed by atoms with Crippen LogP contribution in [0.15, 0.2) is 48.5 Å². The molecule has 0 saturated carbocycles.